The summed E-state index contributed by atoms with van der Waals surface area (Å²) in [4.78, 5) is 38.7. The number of rotatable bonds is 3. The van der Waals surface area contributed by atoms with E-state index < -0.39 is 28.5 Å². The van der Waals surface area contributed by atoms with Gasteiger partial charge in [-0.3, -0.25) is 14.4 Å². The van der Waals surface area contributed by atoms with Crippen molar-refractivity contribution in [1.29, 1.82) is 0 Å². The third kappa shape index (κ3) is 2.61. The zero-order valence-corrected chi connectivity index (χ0v) is 17.5. The molecule has 3 N–H and O–H groups in total. The zero-order chi connectivity index (χ0) is 22.0. The number of Topliss-reactive ketones (excluding diaryl/α,β-unsaturated/α-hetero) is 2. The number of carbonyl (C=O) groups excluding carboxylic acids is 3. The molecule has 0 amide bonds. The van der Waals surface area contributed by atoms with E-state index in [2.05, 4.69) is 5.32 Å². The minimum atomic E-state index is -1.47. The Bertz CT molecular complexity index is 1070. The molecule has 0 unspecified atom stereocenters. The van der Waals surface area contributed by atoms with Gasteiger partial charge in [0.15, 0.2) is 17.3 Å². The van der Waals surface area contributed by atoms with Gasteiger partial charge in [0.25, 0.3) is 0 Å². The van der Waals surface area contributed by atoms with E-state index in [-0.39, 0.29) is 45.6 Å². The molecular formula is C23H25NO6. The lowest BCUT2D eigenvalue weighted by Gasteiger charge is -2.29. The number of phenolic OH excluding ortho intramolecular Hbond substituents is 2. The average molecular weight is 411 g/mol. The maximum atomic E-state index is 13.6. The highest BCUT2D eigenvalue weighted by Gasteiger charge is 2.56. The van der Waals surface area contributed by atoms with E-state index in [4.69, 9.17) is 4.74 Å². The number of phenols is 2. The highest BCUT2D eigenvalue weighted by Crippen LogP contribution is 2.57. The topological polar surface area (TPSA) is 113 Å². The van der Waals surface area contributed by atoms with Crippen LogP contribution in [0.4, 0.5) is 0 Å². The Morgan fingerprint density at radius 3 is 2.40 bits per heavy atom. The number of benzene rings is 1. The molecule has 1 atom stereocenters. The van der Waals surface area contributed by atoms with E-state index in [1.807, 2.05) is 0 Å². The number of nitrogens with one attached hydrogen (secondary N) is 1. The Labute approximate surface area is 174 Å². The normalized spacial score (nSPS) is 24.9. The van der Waals surface area contributed by atoms with E-state index in [1.54, 1.807) is 13.8 Å². The predicted octanol–water partition coefficient (Wildman–Crippen LogP) is 3.10. The molecule has 4 rings (SSSR count). The number of ether oxygens (including phenoxy) is 1. The molecule has 30 heavy (non-hydrogen) atoms. The third-order valence-corrected chi connectivity index (χ3v) is 6.54. The second-order valence-electron chi connectivity index (χ2n) is 8.51. The molecule has 0 saturated heterocycles. The molecule has 0 aromatic heterocycles. The van der Waals surface area contributed by atoms with Crippen LogP contribution in [0.3, 0.4) is 0 Å². The Morgan fingerprint density at radius 1 is 1.17 bits per heavy atom. The summed E-state index contributed by atoms with van der Waals surface area (Å²) >= 11 is 0. The minimum absolute atomic E-state index is 0.0269. The standard InChI is InChI=1S/C23H25NO6/c1-10-19(27)17(12(3)25)21-18(20(10)28)23(4)15(30-21)9-14(26)16(22(23)29)11(2)24-13-7-5-6-8-13/h9,13,24,27-28H,5-8H2,1-4H3/b16-11+/t23-/m1/s1. The van der Waals surface area contributed by atoms with Crippen LogP contribution in [0, 0.1) is 6.92 Å². The first-order chi connectivity index (χ1) is 14.1. The van der Waals surface area contributed by atoms with Gasteiger partial charge in [-0.05, 0) is 40.5 Å². The molecule has 7 nitrogen and oxygen atoms in total. The van der Waals surface area contributed by atoms with E-state index >= 15 is 0 Å². The van der Waals surface area contributed by atoms with Gasteiger partial charge in [-0.15, -0.1) is 0 Å². The van der Waals surface area contributed by atoms with Gasteiger partial charge in [0.05, 0.1) is 11.1 Å². The van der Waals surface area contributed by atoms with Crippen molar-refractivity contribution in [2.24, 2.45) is 0 Å². The lowest BCUT2D eigenvalue weighted by molar-refractivity contribution is -0.123. The lowest BCUT2D eigenvalue weighted by atomic mass is 9.70. The Morgan fingerprint density at radius 2 is 1.80 bits per heavy atom. The lowest BCUT2D eigenvalue weighted by Crippen LogP contribution is -2.41. The van der Waals surface area contributed by atoms with Crippen molar-refractivity contribution in [3.05, 3.63) is 39.8 Å². The number of carbonyl (C=O) groups is 3. The molecule has 0 spiro atoms. The summed E-state index contributed by atoms with van der Waals surface area (Å²) in [6, 6.07) is 0.223. The summed E-state index contributed by atoms with van der Waals surface area (Å²) in [6.45, 7) is 6.01. The maximum absolute atomic E-state index is 13.6. The van der Waals surface area contributed by atoms with E-state index in [0.717, 1.165) is 25.7 Å². The minimum Gasteiger partial charge on any atom is -0.507 e. The predicted molar refractivity (Wildman–Crippen MR) is 109 cm³/mol. The van der Waals surface area contributed by atoms with Crippen LogP contribution < -0.4 is 10.1 Å². The molecule has 1 saturated carbocycles. The Balaban J connectivity index is 1.91. The van der Waals surface area contributed by atoms with Crippen molar-refractivity contribution in [3.63, 3.8) is 0 Å². The number of aromatic hydroxyl groups is 2. The van der Waals surface area contributed by atoms with Gasteiger partial charge in [-0.1, -0.05) is 12.8 Å². The van der Waals surface area contributed by atoms with E-state index in [0.29, 0.717) is 5.70 Å². The molecule has 1 aromatic carbocycles. The number of allylic oxidation sites excluding steroid dienone is 4. The monoisotopic (exact) mass is 411 g/mol. The number of ketones is 3. The summed E-state index contributed by atoms with van der Waals surface area (Å²) in [7, 11) is 0. The Kier molecular flexibility index (Phi) is 4.52. The second-order valence-corrected chi connectivity index (χ2v) is 8.51. The third-order valence-electron chi connectivity index (χ3n) is 6.54. The van der Waals surface area contributed by atoms with Crippen molar-refractivity contribution in [1.82, 2.24) is 5.32 Å². The Hall–Kier alpha value is -3.09. The molecule has 2 aliphatic carbocycles. The summed E-state index contributed by atoms with van der Waals surface area (Å²) in [5, 5.41) is 24.5. The summed E-state index contributed by atoms with van der Waals surface area (Å²) in [6.07, 6.45) is 5.43. The molecule has 1 heterocycles. The van der Waals surface area contributed by atoms with Crippen LogP contribution in [0.1, 0.15) is 67.9 Å². The maximum Gasteiger partial charge on any atom is 0.194 e. The fourth-order valence-electron chi connectivity index (χ4n) is 4.81. The van der Waals surface area contributed by atoms with Crippen molar-refractivity contribution >= 4 is 17.3 Å². The molecule has 0 bridgehead atoms. The molecular weight excluding hydrogens is 386 g/mol. The van der Waals surface area contributed by atoms with Gasteiger partial charge < -0.3 is 20.3 Å². The van der Waals surface area contributed by atoms with E-state index in [9.17, 15) is 24.6 Å². The van der Waals surface area contributed by atoms with Crippen LogP contribution in [0.25, 0.3) is 0 Å². The number of fused-ring (bicyclic) bond motifs is 3. The first-order valence-corrected chi connectivity index (χ1v) is 10.2. The zero-order valence-electron chi connectivity index (χ0n) is 17.5. The van der Waals surface area contributed by atoms with Crippen molar-refractivity contribution in [2.45, 2.75) is 64.8 Å². The highest BCUT2D eigenvalue weighted by molar-refractivity contribution is 6.31. The quantitative estimate of drug-likeness (QED) is 0.398. The van der Waals surface area contributed by atoms with Crippen LogP contribution >= 0.6 is 0 Å². The van der Waals surface area contributed by atoms with Gasteiger partial charge in [0, 0.05) is 23.4 Å². The van der Waals surface area contributed by atoms with Crippen LogP contribution in [0.15, 0.2) is 23.1 Å². The van der Waals surface area contributed by atoms with Crippen LogP contribution in [-0.4, -0.2) is 33.6 Å². The van der Waals surface area contributed by atoms with Gasteiger partial charge >= 0.3 is 0 Å². The largest absolute Gasteiger partial charge is 0.507 e. The van der Waals surface area contributed by atoms with Crippen LogP contribution in [-0.2, 0) is 15.0 Å². The number of hydrogen-bond donors (Lipinski definition) is 3. The fourth-order valence-corrected chi connectivity index (χ4v) is 4.81. The molecule has 7 heteroatoms. The molecule has 3 aliphatic rings. The van der Waals surface area contributed by atoms with Crippen LogP contribution in [0.5, 0.6) is 17.2 Å². The summed E-state index contributed by atoms with van der Waals surface area (Å²) in [5.74, 6) is -2.18. The fraction of sp³-hybridized carbons (Fsp3) is 0.435. The molecule has 158 valence electrons. The first kappa shape index (κ1) is 20.2. The summed E-state index contributed by atoms with van der Waals surface area (Å²) < 4.78 is 5.76. The molecule has 1 aliphatic heterocycles. The molecule has 1 fully saturated rings. The molecule has 0 radical (unpaired) electrons. The van der Waals surface area contributed by atoms with Gasteiger partial charge in [0.1, 0.15) is 34.0 Å². The van der Waals surface area contributed by atoms with E-state index in [1.165, 1.54) is 19.9 Å². The first-order valence-electron chi connectivity index (χ1n) is 10.2. The second kappa shape index (κ2) is 6.72. The van der Waals surface area contributed by atoms with Crippen molar-refractivity contribution in [3.8, 4) is 17.2 Å². The SMILES string of the molecule is CC(=O)c1c(O)c(C)c(O)c2c1OC1=CC(=O)/C(=C(/C)NC3CCCC3)C(=O)[C@]12C. The van der Waals surface area contributed by atoms with Gasteiger partial charge in [0.2, 0.25) is 0 Å². The van der Waals surface area contributed by atoms with Gasteiger partial charge in [-0.2, -0.15) is 0 Å². The molecule has 1 aromatic rings. The number of hydrogen-bond acceptors (Lipinski definition) is 7. The summed E-state index contributed by atoms with van der Waals surface area (Å²) in [5.41, 5.74) is -0.852. The highest BCUT2D eigenvalue weighted by atomic mass is 16.5. The smallest absolute Gasteiger partial charge is 0.194 e. The average Bonchev–Trinajstić information content (AvgIpc) is 3.26. The van der Waals surface area contributed by atoms with Gasteiger partial charge in [-0.25, -0.2) is 0 Å². The van der Waals surface area contributed by atoms with Crippen LogP contribution in [0.2, 0.25) is 0 Å². The van der Waals surface area contributed by atoms with Crippen molar-refractivity contribution < 1.29 is 29.3 Å². The van der Waals surface area contributed by atoms with Crippen molar-refractivity contribution in [2.75, 3.05) is 0 Å².